The third-order valence-electron chi connectivity index (χ3n) is 4.98. The molecule has 1 aromatic rings. The summed E-state index contributed by atoms with van der Waals surface area (Å²) in [5, 5.41) is 10.8. The minimum atomic E-state index is 0.333. The zero-order valence-corrected chi connectivity index (χ0v) is 13.5. The van der Waals surface area contributed by atoms with Crippen molar-refractivity contribution in [2.45, 2.75) is 58.2 Å². The zero-order valence-electron chi connectivity index (χ0n) is 13.5. The van der Waals surface area contributed by atoms with Crippen molar-refractivity contribution < 1.29 is 9.26 Å². The molecule has 6 heteroatoms. The van der Waals surface area contributed by atoms with Crippen LogP contribution >= 0.6 is 0 Å². The van der Waals surface area contributed by atoms with E-state index < -0.39 is 0 Å². The fraction of sp³-hybridized carbons (Fsp3) is 0.750. The molecule has 2 unspecified atom stereocenters. The highest BCUT2D eigenvalue weighted by Gasteiger charge is 2.59. The number of hydrogen-bond donors (Lipinski definition) is 2. The molecule has 1 spiro atoms. The molecule has 122 valence electrons. The summed E-state index contributed by atoms with van der Waals surface area (Å²) >= 11 is 0. The van der Waals surface area contributed by atoms with Gasteiger partial charge in [-0.15, -0.1) is 0 Å². The van der Waals surface area contributed by atoms with Gasteiger partial charge in [-0.3, -0.25) is 0 Å². The molecule has 2 saturated carbocycles. The van der Waals surface area contributed by atoms with Crippen LogP contribution < -0.4 is 10.6 Å². The van der Waals surface area contributed by atoms with E-state index in [4.69, 9.17) is 9.26 Å². The van der Waals surface area contributed by atoms with E-state index in [1.807, 2.05) is 6.07 Å². The Balaban J connectivity index is 1.60. The van der Waals surface area contributed by atoms with Crippen LogP contribution in [0.1, 0.15) is 45.2 Å². The van der Waals surface area contributed by atoms with Gasteiger partial charge in [0.2, 0.25) is 0 Å². The summed E-state index contributed by atoms with van der Waals surface area (Å²) in [6.07, 6.45) is 6.90. The van der Waals surface area contributed by atoms with Gasteiger partial charge in [0.15, 0.2) is 5.96 Å². The van der Waals surface area contributed by atoms with E-state index in [1.54, 1.807) is 6.26 Å². The van der Waals surface area contributed by atoms with Crippen LogP contribution in [0.25, 0.3) is 0 Å². The SMILES string of the molecule is CCNC(=NCc1ccon1)NC1CC(OCC)C12CCC2. The van der Waals surface area contributed by atoms with Crippen LogP contribution in [0.2, 0.25) is 0 Å². The molecule has 22 heavy (non-hydrogen) atoms. The first kappa shape index (κ1) is 15.3. The first-order valence-electron chi connectivity index (χ1n) is 8.34. The maximum atomic E-state index is 5.90. The topological polar surface area (TPSA) is 71.7 Å². The number of hydrogen-bond acceptors (Lipinski definition) is 4. The fourth-order valence-electron chi connectivity index (χ4n) is 3.60. The molecule has 0 bridgehead atoms. The number of nitrogens with zero attached hydrogens (tertiary/aromatic N) is 2. The van der Waals surface area contributed by atoms with Crippen LogP contribution in [-0.2, 0) is 11.3 Å². The van der Waals surface area contributed by atoms with E-state index in [0.717, 1.165) is 31.2 Å². The van der Waals surface area contributed by atoms with Crippen molar-refractivity contribution in [3.8, 4) is 0 Å². The molecule has 0 aliphatic heterocycles. The van der Waals surface area contributed by atoms with Gasteiger partial charge in [-0.05, 0) is 33.1 Å². The van der Waals surface area contributed by atoms with Crippen molar-refractivity contribution in [2.24, 2.45) is 10.4 Å². The van der Waals surface area contributed by atoms with E-state index in [9.17, 15) is 0 Å². The number of rotatable bonds is 6. The predicted octanol–water partition coefficient (Wildman–Crippen LogP) is 2.08. The van der Waals surface area contributed by atoms with Gasteiger partial charge in [0.25, 0.3) is 0 Å². The van der Waals surface area contributed by atoms with Crippen molar-refractivity contribution >= 4 is 5.96 Å². The predicted molar refractivity (Wildman–Crippen MR) is 84.6 cm³/mol. The average Bonchev–Trinajstić information content (AvgIpc) is 2.95. The molecule has 3 rings (SSSR count). The summed E-state index contributed by atoms with van der Waals surface area (Å²) in [4.78, 5) is 4.60. The van der Waals surface area contributed by atoms with Gasteiger partial charge in [0.05, 0.1) is 12.6 Å². The van der Waals surface area contributed by atoms with Crippen molar-refractivity contribution in [1.29, 1.82) is 0 Å². The Morgan fingerprint density at radius 3 is 2.95 bits per heavy atom. The molecule has 2 aliphatic carbocycles. The highest BCUT2D eigenvalue weighted by atomic mass is 16.5. The zero-order chi connectivity index (χ0) is 15.4. The number of nitrogens with one attached hydrogen (secondary N) is 2. The minimum absolute atomic E-state index is 0.333. The quantitative estimate of drug-likeness (QED) is 0.622. The van der Waals surface area contributed by atoms with Gasteiger partial charge in [-0.2, -0.15) is 0 Å². The van der Waals surface area contributed by atoms with Crippen LogP contribution in [-0.4, -0.2) is 36.4 Å². The number of ether oxygens (including phenoxy) is 1. The Bertz CT molecular complexity index is 496. The van der Waals surface area contributed by atoms with Gasteiger partial charge >= 0.3 is 0 Å². The largest absolute Gasteiger partial charge is 0.378 e. The Morgan fingerprint density at radius 1 is 1.50 bits per heavy atom. The van der Waals surface area contributed by atoms with Crippen LogP contribution in [0.5, 0.6) is 0 Å². The maximum absolute atomic E-state index is 5.90. The summed E-state index contributed by atoms with van der Waals surface area (Å²) in [6.45, 7) is 6.34. The second kappa shape index (κ2) is 6.69. The summed E-state index contributed by atoms with van der Waals surface area (Å²) in [6, 6.07) is 2.31. The Labute approximate surface area is 131 Å². The standard InChI is InChI=1S/C16H26N4O2/c1-3-17-15(18-11-12-6-9-22-20-12)19-13-10-14(21-4-2)16(13)7-5-8-16/h6,9,13-14H,3-5,7-8,10-11H2,1-2H3,(H2,17,18,19). The average molecular weight is 306 g/mol. The van der Waals surface area contributed by atoms with Crippen LogP contribution in [0.15, 0.2) is 21.8 Å². The normalized spacial score (nSPS) is 26.4. The molecule has 0 saturated heterocycles. The van der Waals surface area contributed by atoms with E-state index in [2.05, 4.69) is 34.6 Å². The fourth-order valence-corrected chi connectivity index (χ4v) is 3.60. The van der Waals surface area contributed by atoms with Gasteiger partial charge in [-0.25, -0.2) is 4.99 Å². The maximum Gasteiger partial charge on any atom is 0.191 e. The van der Waals surface area contributed by atoms with Crippen molar-refractivity contribution in [1.82, 2.24) is 15.8 Å². The van der Waals surface area contributed by atoms with E-state index in [0.29, 0.717) is 24.1 Å². The Hall–Kier alpha value is -1.56. The van der Waals surface area contributed by atoms with Crippen molar-refractivity contribution in [3.63, 3.8) is 0 Å². The van der Waals surface area contributed by atoms with Crippen LogP contribution in [0.3, 0.4) is 0 Å². The number of aliphatic imine (C=N–C) groups is 1. The molecule has 0 radical (unpaired) electrons. The van der Waals surface area contributed by atoms with Crippen molar-refractivity contribution in [3.05, 3.63) is 18.0 Å². The first-order valence-corrected chi connectivity index (χ1v) is 8.34. The molecule has 0 aromatic carbocycles. The summed E-state index contributed by atoms with van der Waals surface area (Å²) in [5.74, 6) is 0.858. The summed E-state index contributed by atoms with van der Waals surface area (Å²) < 4.78 is 10.7. The summed E-state index contributed by atoms with van der Waals surface area (Å²) in [5.41, 5.74) is 1.18. The number of aromatic nitrogens is 1. The smallest absolute Gasteiger partial charge is 0.191 e. The minimum Gasteiger partial charge on any atom is -0.378 e. The van der Waals surface area contributed by atoms with Gasteiger partial charge in [0, 0.05) is 30.7 Å². The molecule has 1 heterocycles. The highest BCUT2D eigenvalue weighted by Crippen LogP contribution is 2.57. The lowest BCUT2D eigenvalue weighted by atomic mass is 9.51. The van der Waals surface area contributed by atoms with Gasteiger partial charge in [0.1, 0.15) is 12.0 Å². The number of guanidine groups is 1. The third kappa shape index (κ3) is 2.84. The molecule has 2 atom stereocenters. The third-order valence-corrected chi connectivity index (χ3v) is 4.98. The molecule has 2 aliphatic rings. The lowest BCUT2D eigenvalue weighted by molar-refractivity contribution is -0.168. The molecular weight excluding hydrogens is 280 g/mol. The molecule has 6 nitrogen and oxygen atoms in total. The molecule has 0 amide bonds. The Kier molecular flexibility index (Phi) is 4.66. The lowest BCUT2D eigenvalue weighted by Gasteiger charge is -2.61. The van der Waals surface area contributed by atoms with Crippen LogP contribution in [0.4, 0.5) is 0 Å². The molecular formula is C16H26N4O2. The van der Waals surface area contributed by atoms with Crippen molar-refractivity contribution in [2.75, 3.05) is 13.2 Å². The Morgan fingerprint density at radius 2 is 2.36 bits per heavy atom. The second-order valence-electron chi connectivity index (χ2n) is 6.15. The second-order valence-corrected chi connectivity index (χ2v) is 6.15. The summed E-state index contributed by atoms with van der Waals surface area (Å²) in [7, 11) is 0. The van der Waals surface area contributed by atoms with Gasteiger partial charge < -0.3 is 19.9 Å². The molecule has 1 aromatic heterocycles. The van der Waals surface area contributed by atoms with E-state index in [1.165, 1.54) is 19.3 Å². The van der Waals surface area contributed by atoms with E-state index in [-0.39, 0.29) is 0 Å². The van der Waals surface area contributed by atoms with Gasteiger partial charge in [-0.1, -0.05) is 11.6 Å². The highest BCUT2D eigenvalue weighted by molar-refractivity contribution is 5.80. The first-order chi connectivity index (χ1) is 10.8. The van der Waals surface area contributed by atoms with Crippen LogP contribution in [0, 0.1) is 5.41 Å². The molecule has 2 fully saturated rings. The van der Waals surface area contributed by atoms with E-state index >= 15 is 0 Å². The lowest BCUT2D eigenvalue weighted by Crippen LogP contribution is -2.68. The monoisotopic (exact) mass is 306 g/mol. The molecule has 2 N–H and O–H groups in total.